The van der Waals surface area contributed by atoms with Gasteiger partial charge in [-0.1, -0.05) is 6.92 Å². The first-order chi connectivity index (χ1) is 4.45. The lowest BCUT2D eigenvalue weighted by Crippen LogP contribution is -2.29. The predicted octanol–water partition coefficient (Wildman–Crippen LogP) is 2.21. The molecule has 0 aromatic rings. The van der Waals surface area contributed by atoms with Crippen LogP contribution in [0.5, 0.6) is 0 Å². The number of carbonyl (C=O) groups is 1. The zero-order chi connectivity index (χ0) is 8.36. The maximum absolute atomic E-state index is 10.6. The van der Waals surface area contributed by atoms with Crippen molar-refractivity contribution >= 4 is 35.5 Å². The molecule has 0 bridgehead atoms. The second kappa shape index (κ2) is 3.60. The Morgan fingerprint density at radius 1 is 1.70 bits per heavy atom. The Morgan fingerprint density at radius 2 is 2.10 bits per heavy atom. The molecule has 0 aromatic heterocycles. The van der Waals surface area contributed by atoms with Gasteiger partial charge in [0, 0.05) is 0 Å². The van der Waals surface area contributed by atoms with Crippen LogP contribution in [-0.2, 0) is 4.79 Å². The van der Waals surface area contributed by atoms with Gasteiger partial charge in [0.25, 0.3) is 7.42 Å². The fourth-order valence-electron chi connectivity index (χ4n) is 0.366. The molecule has 0 rings (SSSR count). The minimum atomic E-state index is -1.78. The molecular formula is C5H9Cl2O2Si. The Morgan fingerprint density at radius 3 is 2.10 bits per heavy atom. The van der Waals surface area contributed by atoms with Gasteiger partial charge in [0.2, 0.25) is 0 Å². The van der Waals surface area contributed by atoms with Crippen molar-refractivity contribution in [2.75, 3.05) is 0 Å². The van der Waals surface area contributed by atoms with E-state index in [9.17, 15) is 4.79 Å². The number of rotatable bonds is 3. The minimum Gasteiger partial charge on any atom is -0.481 e. The van der Waals surface area contributed by atoms with Gasteiger partial charge >= 0.3 is 5.97 Å². The Kier molecular flexibility index (Phi) is 3.69. The van der Waals surface area contributed by atoms with Crippen LogP contribution in [0.2, 0.25) is 5.04 Å². The van der Waals surface area contributed by atoms with Crippen molar-refractivity contribution < 1.29 is 9.90 Å². The number of hydrogen-bond acceptors (Lipinski definition) is 1. The zero-order valence-electron chi connectivity index (χ0n) is 5.82. The molecule has 5 heteroatoms. The Bertz CT molecular complexity index is 140. The van der Waals surface area contributed by atoms with Crippen LogP contribution in [0.15, 0.2) is 0 Å². The summed E-state index contributed by atoms with van der Waals surface area (Å²) in [6.07, 6.45) is 0.476. The Hall–Kier alpha value is 0.267. The summed E-state index contributed by atoms with van der Waals surface area (Å²) < 4.78 is 0. The molecule has 0 saturated heterocycles. The molecule has 0 fully saturated rings. The number of halogens is 2. The van der Waals surface area contributed by atoms with Crippen LogP contribution in [0.1, 0.15) is 20.3 Å². The summed E-state index contributed by atoms with van der Waals surface area (Å²) in [5, 5.41) is 7.75. The molecule has 59 valence electrons. The average Bonchev–Trinajstić information content (AvgIpc) is 1.85. The molecule has 0 aliphatic heterocycles. The topological polar surface area (TPSA) is 37.3 Å². The van der Waals surface area contributed by atoms with E-state index >= 15 is 0 Å². The SMILES string of the molecule is CCC(C)(C(=O)O)[Si](Cl)Cl. The predicted molar refractivity (Wildman–Crippen MR) is 43.8 cm³/mol. The molecule has 0 aliphatic rings. The molecule has 0 heterocycles. The third kappa shape index (κ3) is 1.87. The highest BCUT2D eigenvalue weighted by Gasteiger charge is 2.40. The van der Waals surface area contributed by atoms with Gasteiger partial charge in [0.1, 0.15) is 0 Å². The highest BCUT2D eigenvalue weighted by Crippen LogP contribution is 2.37. The van der Waals surface area contributed by atoms with Gasteiger partial charge in [-0.15, -0.1) is 22.2 Å². The van der Waals surface area contributed by atoms with Gasteiger partial charge in [-0.2, -0.15) is 0 Å². The van der Waals surface area contributed by atoms with Crippen LogP contribution in [0.4, 0.5) is 0 Å². The monoisotopic (exact) mass is 199 g/mol. The van der Waals surface area contributed by atoms with Crippen molar-refractivity contribution in [2.24, 2.45) is 0 Å². The standard InChI is InChI=1S/C5H9Cl2O2Si/c1-3-5(2,4(8)9)10(6)7/h3H2,1-2H3,(H,8,9). The van der Waals surface area contributed by atoms with Crippen molar-refractivity contribution in [3.05, 3.63) is 0 Å². The zero-order valence-corrected chi connectivity index (χ0v) is 8.33. The summed E-state index contributed by atoms with van der Waals surface area (Å²) in [5.41, 5.74) is 0. The summed E-state index contributed by atoms with van der Waals surface area (Å²) in [5.74, 6) is -0.908. The van der Waals surface area contributed by atoms with Crippen molar-refractivity contribution in [2.45, 2.75) is 25.3 Å². The second-order valence-corrected chi connectivity index (χ2v) is 6.72. The molecule has 0 amide bonds. The van der Waals surface area contributed by atoms with E-state index in [1.54, 1.807) is 13.8 Å². The normalized spacial score (nSPS) is 16.9. The summed E-state index contributed by atoms with van der Waals surface area (Å²) in [6.45, 7) is 3.34. The van der Waals surface area contributed by atoms with E-state index in [1.165, 1.54) is 0 Å². The van der Waals surface area contributed by atoms with E-state index in [1.807, 2.05) is 0 Å². The van der Waals surface area contributed by atoms with E-state index in [0.29, 0.717) is 6.42 Å². The van der Waals surface area contributed by atoms with Gasteiger partial charge < -0.3 is 5.11 Å². The Labute approximate surface area is 71.1 Å². The molecule has 0 aromatic carbocycles. The molecule has 1 atom stereocenters. The summed E-state index contributed by atoms with van der Waals surface area (Å²) in [4.78, 5) is 10.6. The van der Waals surface area contributed by atoms with Crippen LogP contribution < -0.4 is 0 Å². The number of carboxylic acids is 1. The van der Waals surface area contributed by atoms with Crippen molar-refractivity contribution in [1.82, 2.24) is 0 Å². The fourth-order valence-corrected chi connectivity index (χ4v) is 2.08. The van der Waals surface area contributed by atoms with Crippen LogP contribution in [0, 0.1) is 0 Å². The first-order valence-electron chi connectivity index (χ1n) is 2.87. The van der Waals surface area contributed by atoms with Gasteiger partial charge in [-0.05, 0) is 13.3 Å². The van der Waals surface area contributed by atoms with Crippen molar-refractivity contribution in [3.63, 3.8) is 0 Å². The molecular weight excluding hydrogens is 191 g/mol. The lowest BCUT2D eigenvalue weighted by molar-refractivity contribution is -0.140. The highest BCUT2D eigenvalue weighted by molar-refractivity contribution is 7.35. The third-order valence-electron chi connectivity index (χ3n) is 1.60. The average molecular weight is 200 g/mol. The van der Waals surface area contributed by atoms with E-state index in [0.717, 1.165) is 0 Å². The van der Waals surface area contributed by atoms with Crippen molar-refractivity contribution in [3.8, 4) is 0 Å². The second-order valence-electron chi connectivity index (χ2n) is 2.25. The van der Waals surface area contributed by atoms with Gasteiger partial charge in [0.15, 0.2) is 0 Å². The highest BCUT2D eigenvalue weighted by atomic mass is 35.7. The maximum Gasteiger partial charge on any atom is 0.308 e. The maximum atomic E-state index is 10.6. The number of aliphatic carboxylic acids is 1. The van der Waals surface area contributed by atoms with Gasteiger partial charge in [-0.3, -0.25) is 4.79 Å². The number of hydrogen-bond donors (Lipinski definition) is 1. The summed E-state index contributed by atoms with van der Waals surface area (Å²) in [6, 6.07) is 0. The van der Waals surface area contributed by atoms with E-state index < -0.39 is 18.4 Å². The largest absolute Gasteiger partial charge is 0.481 e. The number of carboxylic acid groups (broad SMARTS) is 1. The smallest absolute Gasteiger partial charge is 0.308 e. The molecule has 0 spiro atoms. The Balaban J connectivity index is 4.38. The van der Waals surface area contributed by atoms with Gasteiger partial charge in [0.05, 0.1) is 5.04 Å². The third-order valence-corrected chi connectivity index (χ3v) is 5.50. The quantitative estimate of drug-likeness (QED) is 0.560. The molecule has 1 radical (unpaired) electrons. The summed E-state index contributed by atoms with van der Waals surface area (Å²) in [7, 11) is -1.78. The van der Waals surface area contributed by atoms with Crippen LogP contribution in [-0.4, -0.2) is 18.5 Å². The minimum absolute atomic E-state index is 0.476. The summed E-state index contributed by atoms with van der Waals surface area (Å²) >= 11 is 11.1. The van der Waals surface area contributed by atoms with Crippen molar-refractivity contribution in [1.29, 1.82) is 0 Å². The molecule has 1 N–H and O–H groups in total. The van der Waals surface area contributed by atoms with Gasteiger partial charge in [-0.25, -0.2) is 0 Å². The van der Waals surface area contributed by atoms with E-state index in [-0.39, 0.29) is 0 Å². The lowest BCUT2D eigenvalue weighted by Gasteiger charge is -2.21. The van der Waals surface area contributed by atoms with Crippen LogP contribution in [0.3, 0.4) is 0 Å². The van der Waals surface area contributed by atoms with E-state index in [4.69, 9.17) is 27.3 Å². The molecule has 0 aliphatic carbocycles. The van der Waals surface area contributed by atoms with Crippen LogP contribution in [0.25, 0.3) is 0 Å². The first kappa shape index (κ1) is 10.3. The fraction of sp³-hybridized carbons (Fsp3) is 0.800. The molecule has 10 heavy (non-hydrogen) atoms. The first-order valence-corrected chi connectivity index (χ1v) is 6.39. The van der Waals surface area contributed by atoms with Crippen LogP contribution >= 0.6 is 22.2 Å². The molecule has 1 unspecified atom stereocenters. The lowest BCUT2D eigenvalue weighted by atomic mass is 10.1. The molecule has 0 saturated carbocycles. The van der Waals surface area contributed by atoms with E-state index in [2.05, 4.69) is 0 Å². The molecule has 2 nitrogen and oxygen atoms in total.